The molecule has 18 heavy (non-hydrogen) atoms. The molecule has 0 saturated carbocycles. The van der Waals surface area contributed by atoms with Gasteiger partial charge in [-0.3, -0.25) is 0 Å². The lowest BCUT2D eigenvalue weighted by Gasteiger charge is -2.22. The highest BCUT2D eigenvalue weighted by atomic mass is 16.5. The quantitative estimate of drug-likeness (QED) is 0.825. The molecule has 0 bridgehead atoms. The molecule has 3 rings (SSSR count). The van der Waals surface area contributed by atoms with Gasteiger partial charge in [-0.25, -0.2) is 4.98 Å². The van der Waals surface area contributed by atoms with Crippen LogP contribution in [0.3, 0.4) is 0 Å². The molecule has 1 aliphatic heterocycles. The summed E-state index contributed by atoms with van der Waals surface area (Å²) in [6.45, 7) is 3.48. The molecule has 1 aromatic rings. The topological polar surface area (TPSA) is 40.6 Å². The average molecular weight is 249 g/mol. The average Bonchev–Trinajstić information content (AvgIpc) is 2.79. The second-order valence-corrected chi connectivity index (χ2v) is 4.73. The minimum atomic E-state index is 0.106. The standard InChI is InChI=1S/C14H19NO3/c1-3-17-11-7-6-9-12(11)15-14-10(13(9)16-2)5-4-8-18-14/h11H,3-8H2,1-2H3. The maximum absolute atomic E-state index is 5.75. The van der Waals surface area contributed by atoms with E-state index >= 15 is 0 Å². The first-order valence-corrected chi connectivity index (χ1v) is 6.69. The summed E-state index contributed by atoms with van der Waals surface area (Å²) in [6.07, 6.45) is 4.13. The van der Waals surface area contributed by atoms with E-state index in [2.05, 4.69) is 4.98 Å². The highest BCUT2D eigenvalue weighted by Gasteiger charge is 2.32. The van der Waals surface area contributed by atoms with E-state index in [1.54, 1.807) is 7.11 Å². The van der Waals surface area contributed by atoms with Gasteiger partial charge in [0.1, 0.15) is 11.9 Å². The lowest BCUT2D eigenvalue weighted by Crippen LogP contribution is -2.14. The second kappa shape index (κ2) is 4.76. The molecule has 0 saturated heterocycles. The number of hydrogen-bond donors (Lipinski definition) is 0. The molecule has 0 radical (unpaired) electrons. The molecule has 4 nitrogen and oxygen atoms in total. The molecule has 0 amide bonds. The molecule has 0 spiro atoms. The van der Waals surface area contributed by atoms with Gasteiger partial charge in [-0.1, -0.05) is 0 Å². The molecular formula is C14H19NO3. The zero-order chi connectivity index (χ0) is 12.5. The fourth-order valence-electron chi connectivity index (χ4n) is 2.93. The van der Waals surface area contributed by atoms with Crippen LogP contribution in [0.4, 0.5) is 0 Å². The number of pyridine rings is 1. The minimum Gasteiger partial charge on any atom is -0.496 e. The molecule has 4 heteroatoms. The normalized spacial score (nSPS) is 21.1. The van der Waals surface area contributed by atoms with Crippen molar-refractivity contribution in [2.24, 2.45) is 0 Å². The molecule has 1 aromatic heterocycles. The van der Waals surface area contributed by atoms with Crippen LogP contribution in [0.1, 0.15) is 42.7 Å². The fourth-order valence-corrected chi connectivity index (χ4v) is 2.93. The van der Waals surface area contributed by atoms with E-state index in [-0.39, 0.29) is 6.10 Å². The van der Waals surface area contributed by atoms with Gasteiger partial charge in [-0.2, -0.15) is 0 Å². The van der Waals surface area contributed by atoms with E-state index in [0.29, 0.717) is 6.61 Å². The number of fused-ring (bicyclic) bond motifs is 2. The van der Waals surface area contributed by atoms with Crippen molar-refractivity contribution in [3.63, 3.8) is 0 Å². The predicted molar refractivity (Wildman–Crippen MR) is 67.3 cm³/mol. The van der Waals surface area contributed by atoms with Crippen LogP contribution in [0.25, 0.3) is 0 Å². The molecule has 0 aromatic carbocycles. The van der Waals surface area contributed by atoms with Gasteiger partial charge in [0, 0.05) is 12.2 Å². The summed E-state index contributed by atoms with van der Waals surface area (Å²) in [6, 6.07) is 0. The lowest BCUT2D eigenvalue weighted by molar-refractivity contribution is 0.0607. The van der Waals surface area contributed by atoms with Crippen molar-refractivity contribution >= 4 is 0 Å². The highest BCUT2D eigenvalue weighted by molar-refractivity contribution is 5.52. The summed E-state index contributed by atoms with van der Waals surface area (Å²) in [4.78, 5) is 4.68. The molecular weight excluding hydrogens is 230 g/mol. The van der Waals surface area contributed by atoms with Crippen molar-refractivity contribution in [1.29, 1.82) is 0 Å². The molecule has 0 N–H and O–H groups in total. The van der Waals surface area contributed by atoms with Crippen LogP contribution in [0.15, 0.2) is 0 Å². The Morgan fingerprint density at radius 1 is 1.33 bits per heavy atom. The van der Waals surface area contributed by atoms with Crippen molar-refractivity contribution in [3.8, 4) is 11.6 Å². The third-order valence-corrected chi connectivity index (χ3v) is 3.68. The van der Waals surface area contributed by atoms with Gasteiger partial charge in [0.05, 0.1) is 25.0 Å². The van der Waals surface area contributed by atoms with Crippen LogP contribution in [0.2, 0.25) is 0 Å². The third-order valence-electron chi connectivity index (χ3n) is 3.68. The monoisotopic (exact) mass is 249 g/mol. The van der Waals surface area contributed by atoms with Crippen LogP contribution >= 0.6 is 0 Å². The summed E-state index contributed by atoms with van der Waals surface area (Å²) >= 11 is 0. The number of nitrogens with zero attached hydrogens (tertiary/aromatic N) is 1. The van der Waals surface area contributed by atoms with Crippen LogP contribution in [-0.2, 0) is 17.6 Å². The first-order chi connectivity index (χ1) is 8.85. The predicted octanol–water partition coefficient (Wildman–Crippen LogP) is 2.44. The van der Waals surface area contributed by atoms with E-state index in [1.807, 2.05) is 6.92 Å². The number of methoxy groups -OCH3 is 1. The van der Waals surface area contributed by atoms with E-state index in [4.69, 9.17) is 14.2 Å². The number of ether oxygens (including phenoxy) is 3. The van der Waals surface area contributed by atoms with Crippen LogP contribution in [-0.4, -0.2) is 25.3 Å². The van der Waals surface area contributed by atoms with E-state index < -0.39 is 0 Å². The van der Waals surface area contributed by atoms with E-state index in [1.165, 1.54) is 5.56 Å². The second-order valence-electron chi connectivity index (χ2n) is 4.73. The maximum atomic E-state index is 5.75. The largest absolute Gasteiger partial charge is 0.496 e. The number of aromatic nitrogens is 1. The first-order valence-electron chi connectivity index (χ1n) is 6.69. The van der Waals surface area contributed by atoms with Gasteiger partial charge in [0.25, 0.3) is 0 Å². The van der Waals surface area contributed by atoms with Crippen molar-refractivity contribution in [1.82, 2.24) is 4.98 Å². The van der Waals surface area contributed by atoms with Crippen molar-refractivity contribution < 1.29 is 14.2 Å². The Hall–Kier alpha value is -1.29. The van der Waals surface area contributed by atoms with Crippen molar-refractivity contribution in [2.45, 2.75) is 38.7 Å². The molecule has 98 valence electrons. The zero-order valence-corrected chi connectivity index (χ0v) is 11.0. The summed E-state index contributed by atoms with van der Waals surface area (Å²) in [5.74, 6) is 1.74. The third kappa shape index (κ3) is 1.75. The van der Waals surface area contributed by atoms with Gasteiger partial charge < -0.3 is 14.2 Å². The Kier molecular flexibility index (Phi) is 3.12. The summed E-state index contributed by atoms with van der Waals surface area (Å²) in [5.41, 5.74) is 3.38. The Balaban J connectivity index is 2.08. The SMILES string of the molecule is CCOC1CCc2c1nc1c(c2OC)CCCO1. The van der Waals surface area contributed by atoms with Crippen molar-refractivity contribution in [3.05, 3.63) is 16.8 Å². The number of rotatable bonds is 3. The summed E-state index contributed by atoms with van der Waals surface area (Å²) in [7, 11) is 1.73. The Morgan fingerprint density at radius 3 is 3.00 bits per heavy atom. The van der Waals surface area contributed by atoms with Crippen LogP contribution < -0.4 is 9.47 Å². The number of hydrogen-bond acceptors (Lipinski definition) is 4. The van der Waals surface area contributed by atoms with Crippen LogP contribution in [0, 0.1) is 0 Å². The van der Waals surface area contributed by atoms with E-state index in [9.17, 15) is 0 Å². The highest BCUT2D eigenvalue weighted by Crippen LogP contribution is 2.43. The van der Waals surface area contributed by atoms with Gasteiger partial charge in [0.2, 0.25) is 5.88 Å². The Bertz CT molecular complexity index is 459. The smallest absolute Gasteiger partial charge is 0.220 e. The molecule has 2 aliphatic rings. The van der Waals surface area contributed by atoms with Crippen LogP contribution in [0.5, 0.6) is 11.6 Å². The summed E-state index contributed by atoms with van der Waals surface area (Å²) in [5, 5.41) is 0. The van der Waals surface area contributed by atoms with Gasteiger partial charge in [0.15, 0.2) is 0 Å². The van der Waals surface area contributed by atoms with Gasteiger partial charge in [-0.15, -0.1) is 0 Å². The molecule has 1 atom stereocenters. The lowest BCUT2D eigenvalue weighted by atomic mass is 10.0. The Morgan fingerprint density at radius 2 is 2.22 bits per heavy atom. The van der Waals surface area contributed by atoms with Crippen molar-refractivity contribution in [2.75, 3.05) is 20.3 Å². The molecule has 1 aliphatic carbocycles. The molecule has 0 fully saturated rings. The summed E-state index contributed by atoms with van der Waals surface area (Å²) < 4.78 is 17.0. The zero-order valence-electron chi connectivity index (χ0n) is 11.0. The Labute approximate surface area is 107 Å². The van der Waals surface area contributed by atoms with Gasteiger partial charge in [-0.05, 0) is 32.6 Å². The maximum Gasteiger partial charge on any atom is 0.220 e. The van der Waals surface area contributed by atoms with Gasteiger partial charge >= 0.3 is 0 Å². The molecule has 2 heterocycles. The fraction of sp³-hybridized carbons (Fsp3) is 0.643. The molecule has 1 unspecified atom stereocenters. The van der Waals surface area contributed by atoms with E-state index in [0.717, 1.165) is 55.2 Å². The first kappa shape index (κ1) is 11.8. The minimum absolute atomic E-state index is 0.106.